The van der Waals surface area contributed by atoms with Crippen LogP contribution in [0.15, 0.2) is 60.7 Å². The van der Waals surface area contributed by atoms with Gasteiger partial charge in [0.2, 0.25) is 0 Å². The van der Waals surface area contributed by atoms with Gasteiger partial charge in [0.15, 0.2) is 6.04 Å². The Kier molecular flexibility index (Phi) is 7.46. The van der Waals surface area contributed by atoms with Crippen LogP contribution in [0.25, 0.3) is 0 Å². The second-order valence-electron chi connectivity index (χ2n) is 7.85. The van der Waals surface area contributed by atoms with Crippen LogP contribution in [0, 0.1) is 5.92 Å². The van der Waals surface area contributed by atoms with Crippen molar-refractivity contribution in [2.75, 3.05) is 31.2 Å². The van der Waals surface area contributed by atoms with Crippen LogP contribution < -0.4 is 4.90 Å². The lowest BCUT2D eigenvalue weighted by Gasteiger charge is -2.28. The maximum Gasteiger partial charge on any atom is 0.192 e. The molecule has 1 heterocycles. The fourth-order valence-corrected chi connectivity index (χ4v) is 3.61. The Hall–Kier alpha value is -2.13. The number of rotatable bonds is 10. The van der Waals surface area contributed by atoms with Crippen molar-refractivity contribution in [3.05, 3.63) is 66.2 Å². The third-order valence-electron chi connectivity index (χ3n) is 4.98. The second kappa shape index (κ2) is 10.3. The molecule has 1 unspecified atom stereocenters. The van der Waals surface area contributed by atoms with E-state index in [1.54, 1.807) is 0 Å². The normalized spacial score (nSPS) is 15.0. The maximum absolute atomic E-state index is 6.07. The van der Waals surface area contributed by atoms with E-state index in [0.29, 0.717) is 12.0 Å². The van der Waals surface area contributed by atoms with Crippen LogP contribution >= 0.6 is 0 Å². The molecule has 0 aliphatic carbocycles. The van der Waals surface area contributed by atoms with Gasteiger partial charge in [-0.25, -0.2) is 4.58 Å². The molecule has 0 fully saturated rings. The van der Waals surface area contributed by atoms with Crippen LogP contribution in [0.2, 0.25) is 0 Å². The lowest BCUT2D eigenvalue weighted by Crippen LogP contribution is -2.42. The van der Waals surface area contributed by atoms with E-state index < -0.39 is 0 Å². The molecule has 0 saturated carbocycles. The van der Waals surface area contributed by atoms with E-state index in [4.69, 9.17) is 4.74 Å². The summed E-state index contributed by atoms with van der Waals surface area (Å²) in [6.45, 7) is 9.06. The van der Waals surface area contributed by atoms with Crippen LogP contribution in [0.4, 0.5) is 5.69 Å². The number of ether oxygens (including phenoxy) is 1. The topological polar surface area (TPSA) is 15.5 Å². The molecule has 2 aromatic carbocycles. The van der Waals surface area contributed by atoms with Crippen LogP contribution in [-0.2, 0) is 11.3 Å². The third-order valence-corrected chi connectivity index (χ3v) is 4.98. The molecule has 0 amide bonds. The molecule has 3 nitrogen and oxygen atoms in total. The van der Waals surface area contributed by atoms with Gasteiger partial charge in [0.25, 0.3) is 0 Å². The monoisotopic (exact) mass is 365 g/mol. The highest BCUT2D eigenvalue weighted by atomic mass is 16.5. The van der Waals surface area contributed by atoms with Gasteiger partial charge in [-0.2, -0.15) is 0 Å². The Morgan fingerprint density at radius 2 is 1.67 bits per heavy atom. The first kappa shape index (κ1) is 19.6. The highest BCUT2D eigenvalue weighted by Gasteiger charge is 2.27. The number of hydrogen-bond donors (Lipinski definition) is 0. The van der Waals surface area contributed by atoms with E-state index in [9.17, 15) is 0 Å². The van der Waals surface area contributed by atoms with Crippen molar-refractivity contribution in [2.24, 2.45) is 5.92 Å². The Balaban J connectivity index is 1.76. The average Bonchev–Trinajstić information content (AvgIpc) is 3.22. The predicted octanol–water partition coefficient (Wildman–Crippen LogP) is 4.61. The van der Waals surface area contributed by atoms with Crippen molar-refractivity contribution < 1.29 is 9.31 Å². The smallest absolute Gasteiger partial charge is 0.192 e. The number of benzene rings is 2. The van der Waals surface area contributed by atoms with Gasteiger partial charge in [0, 0.05) is 31.7 Å². The number of hydrogen-bond acceptors (Lipinski definition) is 2. The Morgan fingerprint density at radius 1 is 0.963 bits per heavy atom. The fraction of sp³-hybridized carbons (Fsp3) is 0.458. The minimum atomic E-state index is 0.384. The van der Waals surface area contributed by atoms with Crippen molar-refractivity contribution in [3.63, 3.8) is 0 Å². The van der Waals surface area contributed by atoms with Crippen molar-refractivity contribution in [3.8, 4) is 0 Å². The average molecular weight is 366 g/mol. The first-order valence-corrected chi connectivity index (χ1v) is 10.2. The molecule has 3 heteroatoms. The molecule has 3 rings (SSSR count). The zero-order chi connectivity index (χ0) is 18.9. The lowest BCUT2D eigenvalue weighted by atomic mass is 10.1. The Morgan fingerprint density at radius 3 is 2.30 bits per heavy atom. The number of anilines is 1. The van der Waals surface area contributed by atoms with Crippen LogP contribution in [-0.4, -0.2) is 43.1 Å². The molecule has 0 spiro atoms. The molecule has 27 heavy (non-hydrogen) atoms. The second-order valence-corrected chi connectivity index (χ2v) is 7.85. The first-order valence-electron chi connectivity index (χ1n) is 10.2. The van der Waals surface area contributed by atoms with Gasteiger partial charge >= 0.3 is 0 Å². The largest absolute Gasteiger partial charge is 0.374 e. The van der Waals surface area contributed by atoms with Gasteiger partial charge in [-0.3, -0.25) is 0 Å². The highest BCUT2D eigenvalue weighted by Crippen LogP contribution is 2.19. The molecule has 0 radical (unpaired) electrons. The SMILES string of the molecule is CC(C)COCC(CN(Cc1ccccc1)c1ccccc1)[N+]1=CCCC1. The van der Waals surface area contributed by atoms with E-state index in [0.717, 1.165) is 32.8 Å². The van der Waals surface area contributed by atoms with Gasteiger partial charge < -0.3 is 9.64 Å². The summed E-state index contributed by atoms with van der Waals surface area (Å²) in [7, 11) is 0. The zero-order valence-electron chi connectivity index (χ0n) is 16.8. The highest BCUT2D eigenvalue weighted by molar-refractivity contribution is 5.52. The Labute approximate surface area is 164 Å². The quantitative estimate of drug-likeness (QED) is 0.571. The van der Waals surface area contributed by atoms with Crippen molar-refractivity contribution in [2.45, 2.75) is 39.3 Å². The molecular formula is C24H33N2O+. The summed E-state index contributed by atoms with van der Waals surface area (Å²) >= 11 is 0. The van der Waals surface area contributed by atoms with E-state index in [2.05, 4.69) is 90.2 Å². The summed E-state index contributed by atoms with van der Waals surface area (Å²) in [5, 5.41) is 0. The van der Waals surface area contributed by atoms with Crippen molar-refractivity contribution >= 4 is 11.9 Å². The molecule has 0 saturated heterocycles. The third kappa shape index (κ3) is 6.21. The van der Waals surface area contributed by atoms with E-state index in [1.165, 1.54) is 24.1 Å². The maximum atomic E-state index is 6.07. The standard InChI is InChI=1S/C24H33N2O/c1-21(2)19-27-20-24(25-15-9-10-16-25)18-26(23-13-7-4-8-14-23)17-22-11-5-3-6-12-22/h3-8,11-15,21,24H,9-10,16-20H2,1-2H3/q+1. The fourth-order valence-electron chi connectivity index (χ4n) is 3.61. The Bertz CT molecular complexity index is 697. The van der Waals surface area contributed by atoms with Gasteiger partial charge in [-0.1, -0.05) is 62.4 Å². The van der Waals surface area contributed by atoms with E-state index in [-0.39, 0.29) is 0 Å². The number of nitrogens with zero attached hydrogens (tertiary/aromatic N) is 2. The van der Waals surface area contributed by atoms with Crippen molar-refractivity contribution in [1.82, 2.24) is 0 Å². The minimum absolute atomic E-state index is 0.384. The summed E-state index contributed by atoms with van der Waals surface area (Å²) < 4.78 is 8.57. The van der Waals surface area contributed by atoms with Crippen LogP contribution in [0.5, 0.6) is 0 Å². The molecule has 0 bridgehead atoms. The molecule has 0 N–H and O–H groups in total. The predicted molar refractivity (Wildman–Crippen MR) is 114 cm³/mol. The minimum Gasteiger partial charge on any atom is -0.374 e. The lowest BCUT2D eigenvalue weighted by molar-refractivity contribution is -0.556. The molecule has 1 aliphatic heterocycles. The van der Waals surface area contributed by atoms with Gasteiger partial charge in [-0.15, -0.1) is 0 Å². The van der Waals surface area contributed by atoms with Gasteiger partial charge in [0.05, 0.1) is 6.54 Å². The first-order chi connectivity index (χ1) is 13.2. The molecule has 0 aromatic heterocycles. The van der Waals surface area contributed by atoms with Gasteiger partial charge in [-0.05, 0) is 23.6 Å². The van der Waals surface area contributed by atoms with Gasteiger partial charge in [0.1, 0.15) is 19.4 Å². The molecule has 144 valence electrons. The summed E-state index contributed by atoms with van der Waals surface area (Å²) in [6, 6.07) is 21.9. The summed E-state index contributed by atoms with van der Waals surface area (Å²) in [4.78, 5) is 2.49. The molecular weight excluding hydrogens is 332 g/mol. The summed E-state index contributed by atoms with van der Waals surface area (Å²) in [5.41, 5.74) is 2.61. The molecule has 1 atom stereocenters. The summed E-state index contributed by atoms with van der Waals surface area (Å²) in [6.07, 6.45) is 4.81. The van der Waals surface area contributed by atoms with Crippen molar-refractivity contribution in [1.29, 1.82) is 0 Å². The van der Waals surface area contributed by atoms with E-state index >= 15 is 0 Å². The molecule has 1 aliphatic rings. The van der Waals surface area contributed by atoms with Crippen LogP contribution in [0.3, 0.4) is 0 Å². The van der Waals surface area contributed by atoms with E-state index in [1.807, 2.05) is 0 Å². The summed E-state index contributed by atoms with van der Waals surface area (Å²) in [5.74, 6) is 0.572. The molecule has 2 aromatic rings. The zero-order valence-corrected chi connectivity index (χ0v) is 16.8. The van der Waals surface area contributed by atoms with Crippen LogP contribution in [0.1, 0.15) is 32.3 Å². The number of para-hydroxylation sites is 1.